The summed E-state index contributed by atoms with van der Waals surface area (Å²) in [5.74, 6) is 0. The quantitative estimate of drug-likeness (QED) is 0.0968. The molecule has 9 nitrogen and oxygen atoms in total. The van der Waals surface area contributed by atoms with Gasteiger partial charge in [0.25, 0.3) is 0 Å². The van der Waals surface area contributed by atoms with Crippen LogP contribution in [0.15, 0.2) is 0 Å². The molecule has 0 aromatic rings. The Balaban J connectivity index is -0.0000000686. The first-order valence-corrected chi connectivity index (χ1v) is 10.0. The van der Waals surface area contributed by atoms with Crippen molar-refractivity contribution >= 4 is 0 Å². The molecule has 0 rings (SSSR count). The Morgan fingerprint density at radius 1 is 0.467 bits per heavy atom. The molecule has 0 unspecified atom stereocenters. The molecule has 0 heterocycles. The van der Waals surface area contributed by atoms with Gasteiger partial charge in [0.15, 0.2) is 0 Å². The second-order valence-corrected chi connectivity index (χ2v) is 6.63. The summed E-state index contributed by atoms with van der Waals surface area (Å²) in [6, 6.07) is -0.468. The zero-order chi connectivity index (χ0) is 21.3. The minimum Gasteiger partial charge on any atom is -0.853 e. The molecule has 0 aliphatic carbocycles. The van der Waals surface area contributed by atoms with E-state index in [1.807, 2.05) is 0 Å². The van der Waals surface area contributed by atoms with Gasteiger partial charge in [-0.15, -0.1) is 19.8 Å². The van der Waals surface area contributed by atoms with Crippen molar-refractivity contribution in [3.05, 3.63) is 0 Å². The van der Waals surface area contributed by atoms with Crippen molar-refractivity contribution in [2.75, 3.05) is 39.5 Å². The van der Waals surface area contributed by atoms with Crippen LogP contribution in [0.5, 0.6) is 0 Å². The van der Waals surface area contributed by atoms with Gasteiger partial charge in [-0.1, -0.05) is 19.3 Å². The smallest absolute Gasteiger partial charge is 0.853 e. The monoisotopic (exact) mass is 478 g/mol. The van der Waals surface area contributed by atoms with E-state index in [-0.39, 0.29) is 148 Å². The molecule has 0 radical (unpaired) electrons. The van der Waals surface area contributed by atoms with Crippen LogP contribution in [0.3, 0.4) is 0 Å². The fourth-order valence-electron chi connectivity index (χ4n) is 1.90. The Bertz CT molecular complexity index is 232. The molecule has 0 bridgehead atoms. The molecule has 12 heteroatoms. The van der Waals surface area contributed by atoms with Crippen molar-refractivity contribution in [2.45, 2.75) is 75.9 Å². The van der Waals surface area contributed by atoms with Crippen molar-refractivity contribution in [2.24, 2.45) is 34.4 Å². The van der Waals surface area contributed by atoms with E-state index in [0.29, 0.717) is 19.6 Å². The fourth-order valence-corrected chi connectivity index (χ4v) is 1.90. The number of unbranched alkanes of at least 4 members (excludes halogenated alkanes) is 3. The first kappa shape index (κ1) is 46.6. The minimum atomic E-state index is -0.162. The predicted octanol–water partition coefficient (Wildman–Crippen LogP) is -12.6. The van der Waals surface area contributed by atoms with Crippen LogP contribution in [0, 0.1) is 0 Å². The number of hydrogen-bond donors (Lipinski definition) is 6. The van der Waals surface area contributed by atoms with Crippen LogP contribution in [0.1, 0.15) is 57.8 Å². The first-order chi connectivity index (χ1) is 12.9. The summed E-state index contributed by atoms with van der Waals surface area (Å²) in [7, 11) is 0. The zero-order valence-corrected chi connectivity index (χ0v) is 27.2. The maximum absolute atomic E-state index is 10.1. The Kier molecular flexibility index (Phi) is 65.9. The summed E-state index contributed by atoms with van der Waals surface area (Å²) in [5.41, 5.74) is 31.8. The van der Waals surface area contributed by atoms with Crippen molar-refractivity contribution in [1.82, 2.24) is 0 Å². The molecule has 168 valence electrons. The van der Waals surface area contributed by atoms with Crippen molar-refractivity contribution < 1.29 is 126 Å². The average molecular weight is 479 g/mol. The summed E-state index contributed by atoms with van der Waals surface area (Å²) < 4.78 is 0. The summed E-state index contributed by atoms with van der Waals surface area (Å²) >= 11 is 0. The van der Waals surface area contributed by atoms with Gasteiger partial charge in [0.1, 0.15) is 0 Å². The molecule has 0 aliphatic rings. The number of hydrogen-bond acceptors (Lipinski definition) is 9. The molecule has 0 aromatic heterocycles. The second kappa shape index (κ2) is 42.4. The molecule has 3 atom stereocenters. The Hall–Kier alpha value is 3.28. The van der Waals surface area contributed by atoms with Gasteiger partial charge in [-0.2, -0.15) is 0 Å². The van der Waals surface area contributed by atoms with E-state index in [2.05, 4.69) is 0 Å². The van der Waals surface area contributed by atoms with Crippen molar-refractivity contribution in [3.63, 3.8) is 0 Å². The largest absolute Gasteiger partial charge is 1.00 e. The van der Waals surface area contributed by atoms with Gasteiger partial charge < -0.3 is 49.7 Å². The normalized spacial score (nSPS) is 12.3. The van der Waals surface area contributed by atoms with E-state index in [1.54, 1.807) is 0 Å². The van der Waals surface area contributed by atoms with E-state index in [0.717, 1.165) is 57.8 Å². The van der Waals surface area contributed by atoms with Gasteiger partial charge in [-0.25, -0.2) is 0 Å². The van der Waals surface area contributed by atoms with Crippen LogP contribution in [-0.2, 0) is 0 Å². The zero-order valence-electron chi connectivity index (χ0n) is 20.0. The fraction of sp³-hybridized carbons (Fsp3) is 1.00. The number of nitrogens with two attached hydrogens (primary N) is 6. The maximum Gasteiger partial charge on any atom is 1.00 e. The van der Waals surface area contributed by atoms with Gasteiger partial charge in [-0.05, 0) is 76.3 Å². The van der Waals surface area contributed by atoms with Crippen molar-refractivity contribution in [3.8, 4) is 0 Å². The summed E-state index contributed by atoms with van der Waals surface area (Å²) in [4.78, 5) is 0. The predicted molar refractivity (Wildman–Crippen MR) is 107 cm³/mol. The van der Waals surface area contributed by atoms with Crippen LogP contribution in [0.25, 0.3) is 0 Å². The Morgan fingerprint density at radius 2 is 0.667 bits per heavy atom. The second-order valence-electron chi connectivity index (χ2n) is 6.63. The van der Waals surface area contributed by atoms with Crippen molar-refractivity contribution in [1.29, 1.82) is 0 Å². The summed E-state index contributed by atoms with van der Waals surface area (Å²) in [6.45, 7) is 1.61. The SMILES string of the molecule is NCCCC[C@H](N)C[O-].NCCCC[C@H](N)C[O-].NCCCC[C@H](N)C[O-].[K+].[Na+].[Na+]. The molecular weight excluding hydrogens is 433 g/mol. The molecule has 0 aromatic carbocycles. The van der Waals surface area contributed by atoms with Crippen LogP contribution >= 0.6 is 0 Å². The molecule has 12 N–H and O–H groups in total. The molecule has 30 heavy (non-hydrogen) atoms. The molecule has 0 spiro atoms. The third-order valence-electron chi connectivity index (χ3n) is 3.73. The topological polar surface area (TPSA) is 225 Å². The summed E-state index contributed by atoms with van der Waals surface area (Å²) in [6.07, 6.45) is 8.36. The van der Waals surface area contributed by atoms with Crippen LogP contribution in [-0.4, -0.2) is 57.6 Å². The number of rotatable bonds is 15. The van der Waals surface area contributed by atoms with Gasteiger partial charge in [-0.3, -0.25) is 0 Å². The van der Waals surface area contributed by atoms with Crippen LogP contribution in [0.2, 0.25) is 0 Å². The third-order valence-corrected chi connectivity index (χ3v) is 3.73. The van der Waals surface area contributed by atoms with Crippen LogP contribution in [0.4, 0.5) is 0 Å². The van der Waals surface area contributed by atoms with E-state index in [9.17, 15) is 15.3 Å². The van der Waals surface area contributed by atoms with Crippen LogP contribution < -0.4 is 160 Å². The van der Waals surface area contributed by atoms with E-state index in [4.69, 9.17) is 34.4 Å². The van der Waals surface area contributed by atoms with E-state index >= 15 is 0 Å². The van der Waals surface area contributed by atoms with Gasteiger partial charge >= 0.3 is 110 Å². The average Bonchev–Trinajstić information content (AvgIpc) is 2.69. The van der Waals surface area contributed by atoms with Gasteiger partial charge in [0.05, 0.1) is 0 Å². The third kappa shape index (κ3) is 48.6. The first-order valence-electron chi connectivity index (χ1n) is 10.0. The molecule has 0 fully saturated rings. The van der Waals surface area contributed by atoms with E-state index < -0.39 is 0 Å². The van der Waals surface area contributed by atoms with E-state index in [1.165, 1.54) is 0 Å². The molecular formula is C18H45KN6Na2O3. The van der Waals surface area contributed by atoms with Gasteiger partial charge in [0, 0.05) is 0 Å². The Morgan fingerprint density at radius 3 is 0.800 bits per heavy atom. The standard InChI is InChI=1S/3C6H15N2O.K.2Na/c3*7-4-2-1-3-6(8)5-9;;;/h3*6H,1-5,7-8H2;;;/q3*-1;3*+1/t3*6-;;;/m000.../s1. The molecule has 0 saturated heterocycles. The van der Waals surface area contributed by atoms with Gasteiger partial charge in [0.2, 0.25) is 0 Å². The molecule has 0 amide bonds. The molecule has 0 aliphatic heterocycles. The maximum atomic E-state index is 10.1. The minimum absolute atomic E-state index is 0. The summed E-state index contributed by atoms with van der Waals surface area (Å²) in [5, 5.41) is 30.2. The molecule has 0 saturated carbocycles. The Labute approximate surface area is 271 Å².